The van der Waals surface area contributed by atoms with Crippen LogP contribution in [0, 0.1) is 0 Å². The van der Waals surface area contributed by atoms with E-state index in [0.717, 1.165) is 42.0 Å². The van der Waals surface area contributed by atoms with Crippen LogP contribution in [0.1, 0.15) is 18.4 Å². The normalized spacial score (nSPS) is 10.9. The van der Waals surface area contributed by atoms with Gasteiger partial charge in [0.2, 0.25) is 0 Å². The molecule has 108 valence electrons. The summed E-state index contributed by atoms with van der Waals surface area (Å²) in [5.74, 6) is 0. The molecule has 0 fully saturated rings. The van der Waals surface area contributed by atoms with Crippen LogP contribution in [0.25, 0.3) is 0 Å². The molecule has 0 aliphatic carbocycles. The molecular formula is C14H21BrClNO2. The Morgan fingerprint density at radius 2 is 2.05 bits per heavy atom. The van der Waals surface area contributed by atoms with E-state index in [9.17, 15) is 0 Å². The van der Waals surface area contributed by atoms with Gasteiger partial charge < -0.3 is 14.8 Å². The van der Waals surface area contributed by atoms with Gasteiger partial charge in [0.05, 0.1) is 13.2 Å². The molecule has 0 unspecified atom stereocenters. The lowest BCUT2D eigenvalue weighted by molar-refractivity contribution is 0.0688. The summed E-state index contributed by atoms with van der Waals surface area (Å²) in [5.41, 5.74) is 1.18. The van der Waals surface area contributed by atoms with Gasteiger partial charge in [-0.15, -0.1) is 0 Å². The molecule has 1 rings (SSSR count). The van der Waals surface area contributed by atoms with Gasteiger partial charge in [0.1, 0.15) is 0 Å². The van der Waals surface area contributed by atoms with Crippen molar-refractivity contribution in [2.24, 2.45) is 0 Å². The monoisotopic (exact) mass is 349 g/mol. The van der Waals surface area contributed by atoms with Crippen LogP contribution < -0.4 is 5.32 Å². The number of rotatable bonds is 10. The van der Waals surface area contributed by atoms with Crippen LogP contribution in [0.15, 0.2) is 22.7 Å². The highest BCUT2D eigenvalue weighted by molar-refractivity contribution is 9.10. The van der Waals surface area contributed by atoms with Crippen molar-refractivity contribution in [1.82, 2.24) is 5.32 Å². The van der Waals surface area contributed by atoms with E-state index >= 15 is 0 Å². The van der Waals surface area contributed by atoms with Crippen molar-refractivity contribution in [2.75, 3.05) is 33.5 Å². The Morgan fingerprint density at radius 1 is 1.21 bits per heavy atom. The minimum Gasteiger partial charge on any atom is -0.382 e. The minimum absolute atomic E-state index is 0.668. The van der Waals surface area contributed by atoms with Gasteiger partial charge in [0.25, 0.3) is 0 Å². The maximum absolute atomic E-state index is 5.96. The fourth-order valence-electron chi connectivity index (χ4n) is 1.60. The lowest BCUT2D eigenvalue weighted by Gasteiger charge is -2.08. The van der Waals surface area contributed by atoms with Crippen LogP contribution in [-0.4, -0.2) is 33.5 Å². The highest BCUT2D eigenvalue weighted by atomic mass is 79.9. The van der Waals surface area contributed by atoms with Gasteiger partial charge in [-0.05, 0) is 43.1 Å². The number of hydrogen-bond donors (Lipinski definition) is 1. The summed E-state index contributed by atoms with van der Waals surface area (Å²) < 4.78 is 11.4. The molecule has 0 aliphatic rings. The molecule has 0 amide bonds. The van der Waals surface area contributed by atoms with E-state index < -0.39 is 0 Å². The molecule has 0 aliphatic heterocycles. The predicted octanol–water partition coefficient (Wildman–Crippen LogP) is 3.64. The van der Waals surface area contributed by atoms with Crippen molar-refractivity contribution in [3.63, 3.8) is 0 Å². The van der Waals surface area contributed by atoms with Crippen molar-refractivity contribution < 1.29 is 9.47 Å². The number of nitrogens with one attached hydrogen (secondary N) is 1. The van der Waals surface area contributed by atoms with Gasteiger partial charge >= 0.3 is 0 Å². The quantitative estimate of drug-likeness (QED) is 0.654. The zero-order chi connectivity index (χ0) is 13.9. The average molecular weight is 351 g/mol. The molecule has 0 atom stereocenters. The maximum atomic E-state index is 5.96. The van der Waals surface area contributed by atoms with Crippen molar-refractivity contribution in [3.05, 3.63) is 33.3 Å². The first-order valence-corrected chi connectivity index (χ1v) is 7.62. The van der Waals surface area contributed by atoms with Crippen molar-refractivity contribution in [2.45, 2.75) is 19.4 Å². The average Bonchev–Trinajstić information content (AvgIpc) is 2.40. The van der Waals surface area contributed by atoms with Gasteiger partial charge in [-0.3, -0.25) is 0 Å². The first kappa shape index (κ1) is 16.9. The van der Waals surface area contributed by atoms with Crippen LogP contribution in [-0.2, 0) is 16.0 Å². The summed E-state index contributed by atoms with van der Waals surface area (Å²) in [4.78, 5) is 0. The molecule has 1 aromatic carbocycles. The van der Waals surface area contributed by atoms with Crippen LogP contribution in [0.2, 0.25) is 5.02 Å². The number of unbranched alkanes of at least 4 members (excludes halogenated alkanes) is 1. The first-order valence-electron chi connectivity index (χ1n) is 6.45. The Hall–Kier alpha value is -0.130. The maximum Gasteiger partial charge on any atom is 0.0700 e. The van der Waals surface area contributed by atoms with Crippen LogP contribution in [0.5, 0.6) is 0 Å². The van der Waals surface area contributed by atoms with E-state index in [0.29, 0.717) is 13.2 Å². The fraction of sp³-hybridized carbons (Fsp3) is 0.571. The van der Waals surface area contributed by atoms with Gasteiger partial charge in [-0.2, -0.15) is 0 Å². The van der Waals surface area contributed by atoms with Crippen LogP contribution in [0.3, 0.4) is 0 Å². The van der Waals surface area contributed by atoms with Gasteiger partial charge in [0, 0.05) is 29.8 Å². The van der Waals surface area contributed by atoms with E-state index in [-0.39, 0.29) is 0 Å². The molecule has 5 heteroatoms. The molecule has 1 aromatic rings. The third-order valence-electron chi connectivity index (χ3n) is 2.65. The van der Waals surface area contributed by atoms with Gasteiger partial charge in [-0.1, -0.05) is 27.5 Å². The number of halogens is 2. The predicted molar refractivity (Wildman–Crippen MR) is 82.8 cm³/mol. The number of methoxy groups -OCH3 is 1. The second kappa shape index (κ2) is 10.6. The SMILES string of the molecule is COCCOCCCCNCc1cc(Cl)ccc1Br. The standard InChI is InChI=1S/C14H21BrClNO2/c1-18-8-9-19-7-3-2-6-17-11-12-10-13(16)4-5-14(12)15/h4-5,10,17H,2-3,6-9,11H2,1H3. The molecule has 0 spiro atoms. The van der Waals surface area contributed by atoms with Crippen LogP contribution in [0.4, 0.5) is 0 Å². The lowest BCUT2D eigenvalue weighted by Crippen LogP contribution is -2.15. The van der Waals surface area contributed by atoms with E-state index in [4.69, 9.17) is 21.1 Å². The van der Waals surface area contributed by atoms with Gasteiger partial charge in [-0.25, -0.2) is 0 Å². The zero-order valence-corrected chi connectivity index (χ0v) is 13.6. The summed E-state index contributed by atoms with van der Waals surface area (Å²) in [6.07, 6.45) is 2.17. The molecule has 3 nitrogen and oxygen atoms in total. The largest absolute Gasteiger partial charge is 0.382 e. The number of hydrogen-bond acceptors (Lipinski definition) is 3. The minimum atomic E-state index is 0.668. The topological polar surface area (TPSA) is 30.5 Å². The molecule has 0 saturated carbocycles. The number of benzene rings is 1. The second-order valence-corrected chi connectivity index (χ2v) is 5.52. The van der Waals surface area contributed by atoms with E-state index in [1.165, 1.54) is 5.56 Å². The Labute approximate surface area is 128 Å². The molecule has 0 saturated heterocycles. The summed E-state index contributed by atoms with van der Waals surface area (Å²) in [6, 6.07) is 5.84. The Kier molecular flexibility index (Phi) is 9.47. The van der Waals surface area contributed by atoms with E-state index in [2.05, 4.69) is 21.2 Å². The summed E-state index contributed by atoms with van der Waals surface area (Å²) in [7, 11) is 1.68. The fourth-order valence-corrected chi connectivity index (χ4v) is 2.18. The lowest BCUT2D eigenvalue weighted by atomic mass is 10.2. The Balaban J connectivity index is 2.03. The molecule has 0 radical (unpaired) electrons. The Bertz CT molecular complexity index is 363. The van der Waals surface area contributed by atoms with Crippen molar-refractivity contribution in [3.8, 4) is 0 Å². The first-order chi connectivity index (χ1) is 9.24. The van der Waals surface area contributed by atoms with Crippen LogP contribution >= 0.6 is 27.5 Å². The molecular weight excluding hydrogens is 330 g/mol. The van der Waals surface area contributed by atoms with Gasteiger partial charge in [0.15, 0.2) is 0 Å². The van der Waals surface area contributed by atoms with Crippen molar-refractivity contribution >= 4 is 27.5 Å². The molecule has 1 N–H and O–H groups in total. The molecule has 0 bridgehead atoms. The molecule has 0 aromatic heterocycles. The summed E-state index contributed by atoms with van der Waals surface area (Å²) >= 11 is 9.48. The summed E-state index contributed by atoms with van der Waals surface area (Å²) in [5, 5.41) is 4.17. The zero-order valence-electron chi connectivity index (χ0n) is 11.3. The number of ether oxygens (including phenoxy) is 2. The Morgan fingerprint density at radius 3 is 2.84 bits per heavy atom. The smallest absolute Gasteiger partial charge is 0.0700 e. The second-order valence-electron chi connectivity index (χ2n) is 4.22. The third kappa shape index (κ3) is 7.90. The third-order valence-corrected chi connectivity index (χ3v) is 3.66. The highest BCUT2D eigenvalue weighted by Crippen LogP contribution is 2.20. The summed E-state index contributed by atoms with van der Waals surface area (Å²) in [6.45, 7) is 3.95. The highest BCUT2D eigenvalue weighted by Gasteiger charge is 2.00. The molecule has 19 heavy (non-hydrogen) atoms. The molecule has 0 heterocycles. The van der Waals surface area contributed by atoms with E-state index in [1.54, 1.807) is 7.11 Å². The van der Waals surface area contributed by atoms with Crippen molar-refractivity contribution in [1.29, 1.82) is 0 Å². The van der Waals surface area contributed by atoms with E-state index in [1.807, 2.05) is 18.2 Å².